The van der Waals surface area contributed by atoms with E-state index in [-0.39, 0.29) is 30.2 Å². The number of aliphatic hydroxyl groups is 1. The molecule has 2 aliphatic carbocycles. The van der Waals surface area contributed by atoms with Crippen molar-refractivity contribution in [2.75, 3.05) is 6.61 Å². The molecule has 0 radical (unpaired) electrons. The highest BCUT2D eigenvalue weighted by molar-refractivity contribution is 6.43. The van der Waals surface area contributed by atoms with Gasteiger partial charge in [0.05, 0.1) is 18.4 Å². The van der Waals surface area contributed by atoms with Gasteiger partial charge in [-0.3, -0.25) is 14.6 Å². The second kappa shape index (κ2) is 11.6. The number of rotatable bonds is 6. The summed E-state index contributed by atoms with van der Waals surface area (Å²) in [6, 6.07) is 23.9. The van der Waals surface area contributed by atoms with Crippen LogP contribution in [-0.4, -0.2) is 51.6 Å². The first-order valence-electron chi connectivity index (χ1n) is 15.1. The van der Waals surface area contributed by atoms with Crippen LogP contribution in [0.2, 0.25) is 6.32 Å². The second-order valence-electron chi connectivity index (χ2n) is 11.9. The van der Waals surface area contributed by atoms with Crippen LogP contribution < -0.4 is 0 Å². The number of allylic oxidation sites excluding steroid dienone is 1. The lowest BCUT2D eigenvalue weighted by Gasteiger charge is -2.47. The highest BCUT2D eigenvalue weighted by Gasteiger charge is 2.53. The second-order valence-corrected chi connectivity index (χ2v) is 11.9. The zero-order chi connectivity index (χ0) is 30.4. The van der Waals surface area contributed by atoms with E-state index >= 15 is 0 Å². The van der Waals surface area contributed by atoms with Gasteiger partial charge in [0.2, 0.25) is 0 Å². The molecule has 0 amide bonds. The molecule has 1 fully saturated rings. The first-order valence-corrected chi connectivity index (χ1v) is 15.1. The summed E-state index contributed by atoms with van der Waals surface area (Å²) < 4.78 is 6.13. The molecule has 7 rings (SSSR count). The van der Waals surface area contributed by atoms with Gasteiger partial charge in [-0.05, 0) is 83.4 Å². The molecule has 8 heteroatoms. The molecule has 0 bridgehead atoms. The summed E-state index contributed by atoms with van der Waals surface area (Å²) in [6.07, 6.45) is 4.76. The average Bonchev–Trinajstić information content (AvgIpc) is 3.06. The molecule has 44 heavy (non-hydrogen) atoms. The number of nitrogens with zero attached hydrogens (tertiary/aromatic N) is 1. The normalized spacial score (nSPS) is 23.4. The Morgan fingerprint density at radius 2 is 1.64 bits per heavy atom. The molecule has 0 saturated carbocycles. The number of carbonyl (C=O) groups is 2. The Bertz CT molecular complexity index is 1830. The van der Waals surface area contributed by atoms with Gasteiger partial charge in [-0.15, -0.1) is 0 Å². The van der Waals surface area contributed by atoms with Crippen molar-refractivity contribution in [3.8, 4) is 5.75 Å². The molecule has 0 spiro atoms. The van der Waals surface area contributed by atoms with E-state index in [4.69, 9.17) is 4.65 Å². The maximum atomic E-state index is 13.9. The van der Waals surface area contributed by atoms with E-state index < -0.39 is 31.0 Å². The number of ketones is 2. The molecule has 3 N–H and O–H groups in total. The molecule has 1 aromatic heterocycles. The Labute approximate surface area is 255 Å². The van der Waals surface area contributed by atoms with E-state index in [1.807, 2.05) is 48.5 Å². The van der Waals surface area contributed by atoms with E-state index in [0.717, 1.165) is 38.7 Å². The largest absolute Gasteiger partial charge is 0.507 e. The van der Waals surface area contributed by atoms with Crippen molar-refractivity contribution in [3.05, 3.63) is 119 Å². The summed E-state index contributed by atoms with van der Waals surface area (Å²) in [5.41, 5.74) is 5.11. The minimum Gasteiger partial charge on any atom is -0.507 e. The van der Waals surface area contributed by atoms with Crippen molar-refractivity contribution in [3.63, 3.8) is 0 Å². The van der Waals surface area contributed by atoms with E-state index in [2.05, 4.69) is 11.1 Å². The smallest absolute Gasteiger partial charge is 0.455 e. The van der Waals surface area contributed by atoms with Gasteiger partial charge < -0.3 is 19.9 Å². The molecule has 7 nitrogen and oxygen atoms in total. The van der Waals surface area contributed by atoms with Crippen LogP contribution in [0.15, 0.2) is 96.2 Å². The van der Waals surface area contributed by atoms with E-state index in [1.165, 1.54) is 0 Å². The number of Topliss-reactive ketones (excluding diaryl/α,β-unsaturated/α-hetero) is 2. The summed E-state index contributed by atoms with van der Waals surface area (Å²) in [5.74, 6) is -1.51. The van der Waals surface area contributed by atoms with Gasteiger partial charge in [-0.25, -0.2) is 0 Å². The van der Waals surface area contributed by atoms with E-state index in [9.17, 15) is 24.8 Å². The number of hydrogen-bond acceptors (Lipinski definition) is 7. The fourth-order valence-corrected chi connectivity index (χ4v) is 7.55. The number of benzene rings is 3. The monoisotopic (exact) mass is 585 g/mol. The molecule has 1 aliphatic heterocycles. The Morgan fingerprint density at radius 1 is 0.909 bits per heavy atom. The van der Waals surface area contributed by atoms with Crippen molar-refractivity contribution < 1.29 is 29.5 Å². The summed E-state index contributed by atoms with van der Waals surface area (Å²) in [7, 11) is -1.10. The SMILES string of the molecule is O=C1c2ccccc2C(=O)[C@@H]2CC(CO)=C3[C@@H](CC/C(=C/c4ccc(O)c5ccccc45)c4ccccn4)OB(O)C[C@@H]3[C@H]12. The van der Waals surface area contributed by atoms with Gasteiger partial charge in [0.25, 0.3) is 0 Å². The number of phenolic OH excluding ortho intramolecular Hbond substituents is 1. The van der Waals surface area contributed by atoms with Crippen molar-refractivity contribution in [2.45, 2.75) is 31.7 Å². The summed E-state index contributed by atoms with van der Waals surface area (Å²) in [6.45, 7) is -0.240. The lowest BCUT2D eigenvalue weighted by atomic mass is 9.54. The van der Waals surface area contributed by atoms with Crippen LogP contribution in [0, 0.1) is 17.8 Å². The molecule has 0 unspecified atom stereocenters. The standard InChI is InChI=1S/C36H32BNO6/c39-20-23-18-28-34(36(42)27-10-4-3-9-26(27)35(28)41)29-19-37(43)44-32(33(23)29)15-13-22(30-11-5-6-16-38-30)17-21-12-14-31(40)25-8-2-1-7-24(21)25/h1-12,14,16-17,28-29,32,34,39-40,43H,13,15,18-20H2/b22-17-/t28-,29+,32-,34-/m1/s1. The maximum Gasteiger partial charge on any atom is 0.455 e. The van der Waals surface area contributed by atoms with Gasteiger partial charge in [-0.1, -0.05) is 60.7 Å². The minimum absolute atomic E-state index is 0.0748. The summed E-state index contributed by atoms with van der Waals surface area (Å²) in [5, 5.41) is 33.5. The highest BCUT2D eigenvalue weighted by atomic mass is 16.5. The van der Waals surface area contributed by atoms with E-state index in [1.54, 1.807) is 36.5 Å². The predicted molar refractivity (Wildman–Crippen MR) is 169 cm³/mol. The first-order chi connectivity index (χ1) is 21.4. The third-order valence-electron chi connectivity index (χ3n) is 9.49. The number of phenols is 1. The zero-order valence-electron chi connectivity index (χ0n) is 24.1. The third kappa shape index (κ3) is 4.89. The molecule has 1 saturated heterocycles. The number of pyridine rings is 1. The van der Waals surface area contributed by atoms with Crippen LogP contribution in [0.3, 0.4) is 0 Å². The minimum atomic E-state index is -1.10. The number of fused-ring (bicyclic) bond motifs is 5. The maximum absolute atomic E-state index is 13.9. The van der Waals surface area contributed by atoms with Gasteiger partial charge in [-0.2, -0.15) is 0 Å². The van der Waals surface area contributed by atoms with Gasteiger partial charge in [0.15, 0.2) is 11.6 Å². The molecule has 3 aliphatic rings. The number of hydrogen-bond donors (Lipinski definition) is 3. The van der Waals surface area contributed by atoms with Gasteiger partial charge in [0.1, 0.15) is 5.75 Å². The molecule has 4 atom stereocenters. The lowest BCUT2D eigenvalue weighted by Crippen LogP contribution is -2.51. The number of aromatic hydroxyl groups is 1. The van der Waals surface area contributed by atoms with Crippen LogP contribution in [-0.2, 0) is 4.65 Å². The molecular formula is C36H32BNO6. The lowest BCUT2D eigenvalue weighted by molar-refractivity contribution is 0.0591. The van der Waals surface area contributed by atoms with Crippen LogP contribution in [0.4, 0.5) is 0 Å². The summed E-state index contributed by atoms with van der Waals surface area (Å²) >= 11 is 0. The van der Waals surface area contributed by atoms with Crippen LogP contribution in [0.1, 0.15) is 51.2 Å². The average molecular weight is 585 g/mol. The van der Waals surface area contributed by atoms with Gasteiger partial charge >= 0.3 is 7.12 Å². The van der Waals surface area contributed by atoms with Crippen molar-refractivity contribution in [1.82, 2.24) is 4.98 Å². The molecule has 3 aromatic carbocycles. The zero-order valence-corrected chi connectivity index (χ0v) is 24.1. The van der Waals surface area contributed by atoms with Crippen LogP contribution >= 0.6 is 0 Å². The fourth-order valence-electron chi connectivity index (χ4n) is 7.55. The number of aromatic nitrogens is 1. The Balaban J connectivity index is 1.25. The van der Waals surface area contributed by atoms with Crippen molar-refractivity contribution in [1.29, 1.82) is 0 Å². The topological polar surface area (TPSA) is 117 Å². The molecule has 2 heterocycles. The fraction of sp³-hybridized carbons (Fsp3) is 0.250. The van der Waals surface area contributed by atoms with Crippen LogP contribution in [0.25, 0.3) is 22.4 Å². The molecule has 220 valence electrons. The Hall–Kier alpha value is -4.37. The third-order valence-corrected chi connectivity index (χ3v) is 9.49. The summed E-state index contributed by atoms with van der Waals surface area (Å²) in [4.78, 5) is 32.0. The highest BCUT2D eigenvalue weighted by Crippen LogP contribution is 2.51. The Morgan fingerprint density at radius 3 is 2.39 bits per heavy atom. The molecule has 4 aromatic rings. The number of aliphatic hydroxyl groups excluding tert-OH is 1. The van der Waals surface area contributed by atoms with Crippen molar-refractivity contribution in [2.24, 2.45) is 17.8 Å². The number of carbonyl (C=O) groups excluding carboxylic acids is 2. The quantitative estimate of drug-likeness (QED) is 0.195. The molecular weight excluding hydrogens is 553 g/mol. The van der Waals surface area contributed by atoms with Crippen LogP contribution in [0.5, 0.6) is 5.75 Å². The van der Waals surface area contributed by atoms with Gasteiger partial charge in [0, 0.05) is 34.5 Å². The van der Waals surface area contributed by atoms with Crippen molar-refractivity contribution >= 4 is 41.1 Å². The Kier molecular flexibility index (Phi) is 7.50. The predicted octanol–water partition coefficient (Wildman–Crippen LogP) is 5.76. The van der Waals surface area contributed by atoms with E-state index in [0.29, 0.717) is 30.4 Å². The first kappa shape index (κ1) is 28.4.